The van der Waals surface area contributed by atoms with Crippen molar-refractivity contribution >= 4 is 39.9 Å². The average molecular weight is 351 g/mol. The summed E-state index contributed by atoms with van der Waals surface area (Å²) in [4.78, 5) is 14.8. The summed E-state index contributed by atoms with van der Waals surface area (Å²) in [6, 6.07) is 6.16. The Labute approximate surface area is 149 Å². The molecule has 1 amide bonds. The number of anilines is 1. The maximum absolute atomic E-state index is 12.6. The molecule has 0 aliphatic carbocycles. The van der Waals surface area contributed by atoms with Gasteiger partial charge in [-0.05, 0) is 43.7 Å². The van der Waals surface area contributed by atoms with Crippen molar-refractivity contribution in [3.63, 3.8) is 0 Å². The zero-order valence-electron chi connectivity index (χ0n) is 14.4. The van der Waals surface area contributed by atoms with Gasteiger partial charge in [-0.1, -0.05) is 56.0 Å². The van der Waals surface area contributed by atoms with E-state index >= 15 is 0 Å². The minimum Gasteiger partial charge on any atom is -0.358 e. The van der Waals surface area contributed by atoms with Gasteiger partial charge in [0.2, 0.25) is 5.91 Å². The van der Waals surface area contributed by atoms with E-state index in [-0.39, 0.29) is 11.2 Å². The summed E-state index contributed by atoms with van der Waals surface area (Å²) in [7, 11) is 0. The molecular weight excluding hydrogens is 324 g/mol. The monoisotopic (exact) mass is 350 g/mol. The number of carbonyl (C=O) groups is 1. The fourth-order valence-corrected chi connectivity index (χ4v) is 4.16. The Balaban J connectivity index is 2.02. The number of thioether (sulfide) groups is 1. The summed E-state index contributed by atoms with van der Waals surface area (Å²) < 4.78 is 0.846. The Hall–Kier alpha value is -1.07. The van der Waals surface area contributed by atoms with Gasteiger partial charge in [-0.3, -0.25) is 4.79 Å². The van der Waals surface area contributed by atoms with Gasteiger partial charge in [0.15, 0.2) is 0 Å². The van der Waals surface area contributed by atoms with Gasteiger partial charge < -0.3 is 10.2 Å². The average Bonchev–Trinajstić information content (AvgIpc) is 3.03. The van der Waals surface area contributed by atoms with Crippen molar-refractivity contribution < 1.29 is 4.79 Å². The molecule has 0 spiro atoms. The molecule has 1 heterocycles. The summed E-state index contributed by atoms with van der Waals surface area (Å²) in [6.07, 6.45) is 2.39. The van der Waals surface area contributed by atoms with Crippen LogP contribution in [-0.4, -0.2) is 33.5 Å². The largest absolute Gasteiger partial charge is 0.358 e. The first-order valence-corrected chi connectivity index (χ1v) is 9.55. The summed E-state index contributed by atoms with van der Waals surface area (Å²) in [5, 5.41) is 2.93. The van der Waals surface area contributed by atoms with Crippen molar-refractivity contribution in [1.29, 1.82) is 0 Å². The molecule has 126 valence electrons. The van der Waals surface area contributed by atoms with E-state index in [0.717, 1.165) is 28.7 Å². The lowest BCUT2D eigenvalue weighted by atomic mass is 9.98. The maximum Gasteiger partial charge on any atom is 0.237 e. The van der Waals surface area contributed by atoms with Crippen LogP contribution in [0.5, 0.6) is 0 Å². The second-order valence-electron chi connectivity index (χ2n) is 6.40. The summed E-state index contributed by atoms with van der Waals surface area (Å²) in [6.45, 7) is 10.3. The molecule has 0 radical (unpaired) electrons. The standard InChI is InChI=1S/C18H26N2OS2/c1-12(2)15-9-7-8-13(3)16(15)19-17(21)14(4)23-18(22)20-10-5-6-11-20/h7-9,12,14H,5-6,10-11H2,1-4H3,(H,19,21)/t14-/m0/s1. The van der Waals surface area contributed by atoms with Gasteiger partial charge in [0.1, 0.15) is 4.32 Å². The van der Waals surface area contributed by atoms with Crippen LogP contribution < -0.4 is 5.32 Å². The normalized spacial score (nSPS) is 15.8. The molecule has 2 rings (SSSR count). The molecule has 0 unspecified atom stereocenters. The van der Waals surface area contributed by atoms with E-state index in [1.54, 1.807) is 0 Å². The van der Waals surface area contributed by atoms with E-state index < -0.39 is 0 Å². The maximum atomic E-state index is 12.6. The first-order chi connectivity index (χ1) is 10.9. The first kappa shape index (κ1) is 18.3. The van der Waals surface area contributed by atoms with Crippen LogP contribution in [-0.2, 0) is 4.79 Å². The molecule has 1 aromatic carbocycles. The topological polar surface area (TPSA) is 32.3 Å². The van der Waals surface area contributed by atoms with Gasteiger partial charge >= 0.3 is 0 Å². The summed E-state index contributed by atoms with van der Waals surface area (Å²) in [5.74, 6) is 0.395. The van der Waals surface area contributed by atoms with Crippen molar-refractivity contribution in [3.8, 4) is 0 Å². The molecule has 1 aliphatic rings. The highest BCUT2D eigenvalue weighted by Crippen LogP contribution is 2.28. The lowest BCUT2D eigenvalue weighted by molar-refractivity contribution is -0.115. The Bertz CT molecular complexity index is 580. The number of carbonyl (C=O) groups excluding carboxylic acids is 1. The number of thiocarbonyl (C=S) groups is 1. The van der Waals surface area contributed by atoms with Crippen LogP contribution in [0.25, 0.3) is 0 Å². The third kappa shape index (κ3) is 4.70. The van der Waals surface area contributed by atoms with E-state index in [2.05, 4.69) is 30.1 Å². The predicted octanol–water partition coefficient (Wildman–Crippen LogP) is 4.56. The molecule has 0 bridgehead atoms. The fraction of sp³-hybridized carbons (Fsp3) is 0.556. The Morgan fingerprint density at radius 2 is 1.91 bits per heavy atom. The van der Waals surface area contributed by atoms with Gasteiger partial charge in [0.05, 0.1) is 5.25 Å². The fourth-order valence-electron chi connectivity index (χ4n) is 2.75. The number of nitrogens with zero attached hydrogens (tertiary/aromatic N) is 1. The quantitative estimate of drug-likeness (QED) is 0.807. The number of para-hydroxylation sites is 1. The van der Waals surface area contributed by atoms with E-state index in [1.165, 1.54) is 30.2 Å². The molecule has 1 atom stereocenters. The molecule has 23 heavy (non-hydrogen) atoms. The lowest BCUT2D eigenvalue weighted by Gasteiger charge is -2.22. The van der Waals surface area contributed by atoms with Crippen LogP contribution in [0.4, 0.5) is 5.69 Å². The lowest BCUT2D eigenvalue weighted by Crippen LogP contribution is -2.29. The number of aryl methyl sites for hydroxylation is 1. The summed E-state index contributed by atoms with van der Waals surface area (Å²) >= 11 is 6.97. The van der Waals surface area contributed by atoms with Crippen LogP contribution in [0.3, 0.4) is 0 Å². The van der Waals surface area contributed by atoms with Crippen molar-refractivity contribution in [2.45, 2.75) is 51.7 Å². The number of rotatable bonds is 4. The minimum absolute atomic E-state index is 0.0211. The highest BCUT2D eigenvalue weighted by atomic mass is 32.2. The number of hydrogen-bond acceptors (Lipinski definition) is 3. The number of benzene rings is 1. The zero-order chi connectivity index (χ0) is 17.0. The van der Waals surface area contributed by atoms with Crippen molar-refractivity contribution in [2.75, 3.05) is 18.4 Å². The second-order valence-corrected chi connectivity index (χ2v) is 8.38. The van der Waals surface area contributed by atoms with Gasteiger partial charge in [0.25, 0.3) is 0 Å². The van der Waals surface area contributed by atoms with Crippen molar-refractivity contribution in [2.24, 2.45) is 0 Å². The third-order valence-electron chi connectivity index (χ3n) is 4.19. The van der Waals surface area contributed by atoms with Crippen LogP contribution in [0.15, 0.2) is 18.2 Å². The van der Waals surface area contributed by atoms with Crippen LogP contribution in [0.1, 0.15) is 50.7 Å². The molecule has 0 aromatic heterocycles. The van der Waals surface area contributed by atoms with E-state index in [1.807, 2.05) is 26.0 Å². The van der Waals surface area contributed by atoms with Crippen LogP contribution in [0, 0.1) is 6.92 Å². The highest BCUT2D eigenvalue weighted by Gasteiger charge is 2.22. The number of nitrogens with one attached hydrogen (secondary N) is 1. The van der Waals surface area contributed by atoms with Gasteiger partial charge in [-0.2, -0.15) is 0 Å². The molecule has 1 aromatic rings. The zero-order valence-corrected chi connectivity index (χ0v) is 16.0. The number of hydrogen-bond donors (Lipinski definition) is 1. The Morgan fingerprint density at radius 1 is 1.26 bits per heavy atom. The molecule has 3 nitrogen and oxygen atoms in total. The molecule has 0 saturated carbocycles. The Kier molecular flexibility index (Phi) is 6.48. The van der Waals surface area contributed by atoms with Crippen LogP contribution in [0.2, 0.25) is 0 Å². The number of likely N-dealkylation sites (tertiary alicyclic amines) is 1. The van der Waals surface area contributed by atoms with E-state index in [9.17, 15) is 4.79 Å². The minimum atomic E-state index is -0.192. The molecule has 5 heteroatoms. The van der Waals surface area contributed by atoms with E-state index in [0.29, 0.717) is 5.92 Å². The molecular formula is C18H26N2OS2. The number of amides is 1. The van der Waals surface area contributed by atoms with Gasteiger partial charge in [-0.15, -0.1) is 0 Å². The molecule has 1 fully saturated rings. The van der Waals surface area contributed by atoms with Gasteiger partial charge in [0, 0.05) is 18.8 Å². The third-order valence-corrected chi connectivity index (χ3v) is 5.76. The smallest absolute Gasteiger partial charge is 0.237 e. The molecule has 1 saturated heterocycles. The van der Waals surface area contributed by atoms with Crippen molar-refractivity contribution in [3.05, 3.63) is 29.3 Å². The molecule has 1 N–H and O–H groups in total. The predicted molar refractivity (Wildman–Crippen MR) is 104 cm³/mol. The second kappa shape index (κ2) is 8.15. The summed E-state index contributed by atoms with van der Waals surface area (Å²) in [5.41, 5.74) is 3.23. The van der Waals surface area contributed by atoms with Crippen LogP contribution >= 0.6 is 24.0 Å². The Morgan fingerprint density at radius 3 is 2.52 bits per heavy atom. The van der Waals surface area contributed by atoms with Crippen molar-refractivity contribution in [1.82, 2.24) is 4.90 Å². The van der Waals surface area contributed by atoms with E-state index in [4.69, 9.17) is 12.2 Å². The first-order valence-electron chi connectivity index (χ1n) is 8.26. The van der Waals surface area contributed by atoms with Gasteiger partial charge in [-0.25, -0.2) is 0 Å². The highest BCUT2D eigenvalue weighted by molar-refractivity contribution is 8.23. The molecule has 1 aliphatic heterocycles. The SMILES string of the molecule is Cc1cccc(C(C)C)c1NC(=O)[C@H](C)SC(=S)N1CCCC1.